The minimum atomic E-state index is 0.0580. The molecule has 20 heavy (non-hydrogen) atoms. The lowest BCUT2D eigenvalue weighted by atomic mass is 9.81. The molecular weight excluding hydrogens is 248 g/mol. The average Bonchev–Trinajstić information content (AvgIpc) is 2.45. The molecule has 0 atom stereocenters. The lowest BCUT2D eigenvalue weighted by Gasteiger charge is -2.24. The van der Waals surface area contributed by atoms with E-state index in [2.05, 4.69) is 45.0 Å². The van der Waals surface area contributed by atoms with Crippen LogP contribution in [0.3, 0.4) is 0 Å². The van der Waals surface area contributed by atoms with Crippen LogP contribution in [0.5, 0.6) is 11.5 Å². The number of hydrogen-bond donors (Lipinski definition) is 0. The van der Waals surface area contributed by atoms with Crippen molar-refractivity contribution in [3.63, 3.8) is 0 Å². The van der Waals surface area contributed by atoms with Crippen LogP contribution in [0.4, 0.5) is 0 Å². The maximum atomic E-state index is 5.53. The first-order chi connectivity index (χ1) is 9.49. The molecule has 106 valence electrons. The summed E-state index contributed by atoms with van der Waals surface area (Å²) in [6, 6.07) is 14.3. The summed E-state index contributed by atoms with van der Waals surface area (Å²) in [7, 11) is 3.38. The SMILES string of the molecule is COc1cccc(OC)c1-c1ccccc1C(C)(C)C. The van der Waals surface area contributed by atoms with Crippen molar-refractivity contribution in [2.45, 2.75) is 26.2 Å². The van der Waals surface area contributed by atoms with Gasteiger partial charge in [-0.1, -0.05) is 51.1 Å². The molecule has 0 aliphatic heterocycles. The van der Waals surface area contributed by atoms with Gasteiger partial charge in [-0.25, -0.2) is 0 Å². The fourth-order valence-corrected chi connectivity index (χ4v) is 2.47. The fourth-order valence-electron chi connectivity index (χ4n) is 2.47. The van der Waals surface area contributed by atoms with Gasteiger partial charge in [-0.05, 0) is 28.7 Å². The molecule has 2 aromatic carbocycles. The highest BCUT2D eigenvalue weighted by Crippen LogP contribution is 2.42. The Bertz CT molecular complexity index is 572. The Morgan fingerprint density at radius 2 is 1.30 bits per heavy atom. The molecule has 0 unspecified atom stereocenters. The van der Waals surface area contributed by atoms with Crippen LogP contribution in [0.1, 0.15) is 26.3 Å². The molecule has 0 amide bonds. The first-order valence-corrected chi connectivity index (χ1v) is 6.80. The topological polar surface area (TPSA) is 18.5 Å². The molecule has 0 fully saturated rings. The van der Waals surface area contributed by atoms with Crippen molar-refractivity contribution in [2.75, 3.05) is 14.2 Å². The molecule has 0 saturated heterocycles. The van der Waals surface area contributed by atoms with Gasteiger partial charge < -0.3 is 9.47 Å². The molecule has 0 aromatic heterocycles. The highest BCUT2D eigenvalue weighted by Gasteiger charge is 2.22. The molecule has 2 nitrogen and oxygen atoms in total. The van der Waals surface area contributed by atoms with E-state index in [1.807, 2.05) is 18.2 Å². The van der Waals surface area contributed by atoms with Crippen molar-refractivity contribution >= 4 is 0 Å². The molecule has 0 bridgehead atoms. The standard InChI is InChI=1S/C18H22O2/c1-18(2,3)14-10-7-6-9-13(14)17-15(19-4)11-8-12-16(17)20-5/h6-12H,1-5H3. The molecule has 2 heteroatoms. The summed E-state index contributed by atoms with van der Waals surface area (Å²) in [5.74, 6) is 1.67. The lowest BCUT2D eigenvalue weighted by molar-refractivity contribution is 0.397. The Labute approximate surface area is 121 Å². The zero-order valence-corrected chi connectivity index (χ0v) is 12.9. The van der Waals surface area contributed by atoms with Crippen molar-refractivity contribution in [1.29, 1.82) is 0 Å². The van der Waals surface area contributed by atoms with Gasteiger partial charge in [0.05, 0.1) is 19.8 Å². The van der Waals surface area contributed by atoms with E-state index >= 15 is 0 Å². The van der Waals surface area contributed by atoms with Crippen LogP contribution < -0.4 is 9.47 Å². The normalized spacial score (nSPS) is 11.2. The van der Waals surface area contributed by atoms with E-state index in [4.69, 9.17) is 9.47 Å². The highest BCUT2D eigenvalue weighted by atomic mass is 16.5. The van der Waals surface area contributed by atoms with E-state index in [9.17, 15) is 0 Å². The summed E-state index contributed by atoms with van der Waals surface area (Å²) in [5, 5.41) is 0. The van der Waals surface area contributed by atoms with Crippen LogP contribution in [-0.2, 0) is 5.41 Å². The van der Waals surface area contributed by atoms with Crippen molar-refractivity contribution in [3.8, 4) is 22.6 Å². The molecule has 0 aliphatic rings. The van der Waals surface area contributed by atoms with E-state index in [1.54, 1.807) is 14.2 Å². The Kier molecular flexibility index (Phi) is 4.03. The van der Waals surface area contributed by atoms with Gasteiger partial charge in [0.25, 0.3) is 0 Å². The minimum absolute atomic E-state index is 0.0580. The third-order valence-corrected chi connectivity index (χ3v) is 3.43. The minimum Gasteiger partial charge on any atom is -0.496 e. The largest absolute Gasteiger partial charge is 0.496 e. The summed E-state index contributed by atoms with van der Waals surface area (Å²) in [6.45, 7) is 6.65. The van der Waals surface area contributed by atoms with Crippen LogP contribution in [0.25, 0.3) is 11.1 Å². The van der Waals surface area contributed by atoms with Crippen molar-refractivity contribution < 1.29 is 9.47 Å². The molecular formula is C18H22O2. The third kappa shape index (κ3) is 2.64. The number of hydrogen-bond acceptors (Lipinski definition) is 2. The zero-order valence-electron chi connectivity index (χ0n) is 12.9. The smallest absolute Gasteiger partial charge is 0.130 e. The van der Waals surface area contributed by atoms with Gasteiger partial charge in [0.15, 0.2) is 0 Å². The van der Waals surface area contributed by atoms with Gasteiger partial charge in [-0.2, -0.15) is 0 Å². The quantitative estimate of drug-likeness (QED) is 0.807. The summed E-state index contributed by atoms with van der Waals surface area (Å²) >= 11 is 0. The summed E-state index contributed by atoms with van der Waals surface area (Å²) in [4.78, 5) is 0. The molecule has 0 radical (unpaired) electrons. The van der Waals surface area contributed by atoms with Crippen LogP contribution in [0, 0.1) is 0 Å². The van der Waals surface area contributed by atoms with Crippen molar-refractivity contribution in [2.24, 2.45) is 0 Å². The highest BCUT2D eigenvalue weighted by molar-refractivity contribution is 5.80. The predicted octanol–water partition coefficient (Wildman–Crippen LogP) is 4.67. The second-order valence-electron chi connectivity index (χ2n) is 5.83. The van der Waals surface area contributed by atoms with Crippen molar-refractivity contribution in [1.82, 2.24) is 0 Å². The van der Waals surface area contributed by atoms with E-state index in [0.717, 1.165) is 22.6 Å². The van der Waals surface area contributed by atoms with Gasteiger partial charge in [-0.15, -0.1) is 0 Å². The van der Waals surface area contributed by atoms with E-state index < -0.39 is 0 Å². The molecule has 0 heterocycles. The molecule has 0 saturated carbocycles. The Balaban J connectivity index is 2.75. The molecule has 2 rings (SSSR count). The van der Waals surface area contributed by atoms with Gasteiger partial charge in [-0.3, -0.25) is 0 Å². The Morgan fingerprint density at radius 3 is 1.80 bits per heavy atom. The predicted molar refractivity (Wildman–Crippen MR) is 83.7 cm³/mol. The lowest BCUT2D eigenvalue weighted by Crippen LogP contribution is -2.13. The maximum absolute atomic E-state index is 5.53. The Hall–Kier alpha value is -1.96. The van der Waals surface area contributed by atoms with E-state index in [1.165, 1.54) is 5.56 Å². The molecule has 0 spiro atoms. The third-order valence-electron chi connectivity index (χ3n) is 3.43. The van der Waals surface area contributed by atoms with Gasteiger partial charge in [0, 0.05) is 0 Å². The van der Waals surface area contributed by atoms with Crippen LogP contribution in [-0.4, -0.2) is 14.2 Å². The first kappa shape index (κ1) is 14.4. The molecule has 2 aromatic rings. The van der Waals surface area contributed by atoms with Crippen LogP contribution in [0.15, 0.2) is 42.5 Å². The summed E-state index contributed by atoms with van der Waals surface area (Å²) < 4.78 is 11.1. The maximum Gasteiger partial charge on any atom is 0.130 e. The van der Waals surface area contributed by atoms with Gasteiger partial charge in [0.1, 0.15) is 11.5 Å². The molecule has 0 aliphatic carbocycles. The monoisotopic (exact) mass is 270 g/mol. The Morgan fingerprint density at radius 1 is 0.750 bits per heavy atom. The van der Waals surface area contributed by atoms with Gasteiger partial charge in [0.2, 0.25) is 0 Å². The van der Waals surface area contributed by atoms with E-state index in [0.29, 0.717) is 0 Å². The second kappa shape index (κ2) is 5.58. The van der Waals surface area contributed by atoms with E-state index in [-0.39, 0.29) is 5.41 Å². The second-order valence-corrected chi connectivity index (χ2v) is 5.83. The molecule has 0 N–H and O–H groups in total. The number of rotatable bonds is 3. The van der Waals surface area contributed by atoms with Crippen molar-refractivity contribution in [3.05, 3.63) is 48.0 Å². The van der Waals surface area contributed by atoms with Crippen LogP contribution in [0.2, 0.25) is 0 Å². The number of ether oxygens (including phenoxy) is 2. The number of methoxy groups -OCH3 is 2. The fraction of sp³-hybridized carbons (Fsp3) is 0.333. The van der Waals surface area contributed by atoms with Gasteiger partial charge >= 0.3 is 0 Å². The summed E-state index contributed by atoms with van der Waals surface area (Å²) in [6.07, 6.45) is 0. The average molecular weight is 270 g/mol. The zero-order chi connectivity index (χ0) is 14.8. The summed E-state index contributed by atoms with van der Waals surface area (Å²) in [5.41, 5.74) is 3.52. The number of benzene rings is 2. The van der Waals surface area contributed by atoms with Crippen LogP contribution >= 0.6 is 0 Å². The first-order valence-electron chi connectivity index (χ1n) is 6.80.